The number of aromatic nitrogens is 4. The molecule has 0 aliphatic carbocycles. The summed E-state index contributed by atoms with van der Waals surface area (Å²) in [5.41, 5.74) is 2.77. The Morgan fingerprint density at radius 2 is 1.91 bits per heavy atom. The Hall–Kier alpha value is -3.02. The zero-order chi connectivity index (χ0) is 15.5. The minimum atomic E-state index is -0.257. The lowest BCUT2D eigenvalue weighted by molar-refractivity contribution is 0.102. The molecule has 3 rings (SSSR count). The van der Waals surface area contributed by atoms with Crippen molar-refractivity contribution in [1.29, 1.82) is 0 Å². The first-order valence-electron chi connectivity index (χ1n) is 6.84. The Labute approximate surface area is 127 Å². The number of carbonyl (C=O) groups is 1. The van der Waals surface area contributed by atoms with Crippen LogP contribution in [0.25, 0.3) is 5.82 Å². The molecule has 0 aliphatic rings. The molecule has 0 aromatic carbocycles. The summed E-state index contributed by atoms with van der Waals surface area (Å²) in [5.74, 6) is 0.388. The van der Waals surface area contributed by atoms with Crippen LogP contribution in [0.15, 0.2) is 49.1 Å². The van der Waals surface area contributed by atoms with E-state index in [1.54, 1.807) is 35.4 Å². The number of imidazole rings is 1. The third kappa shape index (κ3) is 3.01. The largest absolute Gasteiger partial charge is 0.321 e. The third-order valence-corrected chi connectivity index (χ3v) is 3.08. The maximum atomic E-state index is 12.3. The normalized spacial score (nSPS) is 10.5. The van der Waals surface area contributed by atoms with Crippen molar-refractivity contribution < 1.29 is 4.79 Å². The predicted octanol–water partition coefficient (Wildman–Crippen LogP) is 2.53. The van der Waals surface area contributed by atoms with E-state index in [2.05, 4.69) is 20.3 Å². The first kappa shape index (κ1) is 13.9. The zero-order valence-electron chi connectivity index (χ0n) is 12.3. The average Bonchev–Trinajstić information content (AvgIpc) is 3.00. The molecule has 1 amide bonds. The topological polar surface area (TPSA) is 72.7 Å². The van der Waals surface area contributed by atoms with Crippen LogP contribution in [0.1, 0.15) is 21.9 Å². The van der Waals surface area contributed by atoms with Crippen molar-refractivity contribution in [2.45, 2.75) is 13.8 Å². The van der Waals surface area contributed by atoms with Gasteiger partial charge in [-0.25, -0.2) is 9.97 Å². The molecular formula is C16H15N5O. The molecule has 3 heterocycles. The summed E-state index contributed by atoms with van der Waals surface area (Å²) >= 11 is 0. The van der Waals surface area contributed by atoms with Crippen molar-refractivity contribution in [2.75, 3.05) is 5.32 Å². The molecule has 22 heavy (non-hydrogen) atoms. The van der Waals surface area contributed by atoms with E-state index in [9.17, 15) is 4.79 Å². The highest BCUT2D eigenvalue weighted by atomic mass is 16.1. The second-order valence-electron chi connectivity index (χ2n) is 4.94. The number of anilines is 1. The number of amides is 1. The molecule has 0 spiro atoms. The Morgan fingerprint density at radius 1 is 1.14 bits per heavy atom. The number of hydrogen-bond acceptors (Lipinski definition) is 4. The summed E-state index contributed by atoms with van der Waals surface area (Å²) in [5, 5.41) is 2.85. The molecule has 6 nitrogen and oxygen atoms in total. The van der Waals surface area contributed by atoms with Crippen LogP contribution in [0.2, 0.25) is 0 Å². The van der Waals surface area contributed by atoms with E-state index in [1.165, 1.54) is 0 Å². The van der Waals surface area contributed by atoms with Crippen molar-refractivity contribution in [3.8, 4) is 5.82 Å². The van der Waals surface area contributed by atoms with Crippen molar-refractivity contribution in [3.63, 3.8) is 0 Å². The standard InChI is InChI=1S/C16H15N5O/c1-11-8-13(9-12(2)18-11)19-16(22)14-4-3-5-15(20-14)21-7-6-17-10-21/h3-10H,1-2H3,(H,18,19,22). The molecule has 0 radical (unpaired) electrons. The molecule has 0 unspecified atom stereocenters. The number of nitrogens with zero attached hydrogens (tertiary/aromatic N) is 4. The Bertz CT molecular complexity index is 791. The molecule has 0 fully saturated rings. The summed E-state index contributed by atoms with van der Waals surface area (Å²) < 4.78 is 1.75. The molecule has 0 bridgehead atoms. The van der Waals surface area contributed by atoms with Gasteiger partial charge in [0.25, 0.3) is 5.91 Å². The summed E-state index contributed by atoms with van der Waals surface area (Å²) in [4.78, 5) is 25.0. The molecular weight excluding hydrogens is 278 g/mol. The monoisotopic (exact) mass is 293 g/mol. The van der Waals surface area contributed by atoms with Crippen molar-refractivity contribution >= 4 is 11.6 Å². The van der Waals surface area contributed by atoms with E-state index in [1.807, 2.05) is 32.0 Å². The quantitative estimate of drug-likeness (QED) is 0.805. The van der Waals surface area contributed by atoms with Gasteiger partial charge < -0.3 is 5.32 Å². The lowest BCUT2D eigenvalue weighted by atomic mass is 10.2. The fourth-order valence-corrected chi connectivity index (χ4v) is 2.19. The third-order valence-electron chi connectivity index (χ3n) is 3.08. The number of hydrogen-bond donors (Lipinski definition) is 1. The summed E-state index contributed by atoms with van der Waals surface area (Å²) in [6.07, 6.45) is 5.08. The smallest absolute Gasteiger partial charge is 0.274 e. The maximum Gasteiger partial charge on any atom is 0.274 e. The first-order chi connectivity index (χ1) is 10.6. The van der Waals surface area contributed by atoms with E-state index >= 15 is 0 Å². The molecule has 1 N–H and O–H groups in total. The SMILES string of the molecule is Cc1cc(NC(=O)c2cccc(-n3ccnc3)n2)cc(C)n1. The number of carbonyl (C=O) groups excluding carboxylic acids is 1. The van der Waals surface area contributed by atoms with Gasteiger partial charge in [0.1, 0.15) is 17.8 Å². The van der Waals surface area contributed by atoms with Crippen LogP contribution < -0.4 is 5.32 Å². The van der Waals surface area contributed by atoms with Gasteiger partial charge in [-0.1, -0.05) is 6.07 Å². The highest BCUT2D eigenvalue weighted by Crippen LogP contribution is 2.12. The second kappa shape index (κ2) is 5.77. The summed E-state index contributed by atoms with van der Waals surface area (Å²) in [7, 11) is 0. The predicted molar refractivity (Wildman–Crippen MR) is 83.0 cm³/mol. The fraction of sp³-hybridized carbons (Fsp3) is 0.125. The summed E-state index contributed by atoms with van der Waals surface area (Å²) in [6, 6.07) is 8.94. The van der Waals surface area contributed by atoms with Crippen LogP contribution in [0, 0.1) is 13.8 Å². The van der Waals surface area contributed by atoms with Gasteiger partial charge in [-0.3, -0.25) is 14.3 Å². The minimum Gasteiger partial charge on any atom is -0.321 e. The van der Waals surface area contributed by atoms with Gasteiger partial charge in [0.15, 0.2) is 0 Å². The lowest BCUT2D eigenvalue weighted by Gasteiger charge is -2.08. The zero-order valence-corrected chi connectivity index (χ0v) is 12.3. The van der Waals surface area contributed by atoms with Gasteiger partial charge in [0.2, 0.25) is 0 Å². The summed E-state index contributed by atoms with van der Waals surface area (Å²) in [6.45, 7) is 3.78. The van der Waals surface area contributed by atoms with Crippen LogP contribution in [0.5, 0.6) is 0 Å². The highest BCUT2D eigenvalue weighted by molar-refractivity contribution is 6.03. The number of aryl methyl sites for hydroxylation is 2. The van der Waals surface area contributed by atoms with Gasteiger partial charge in [0, 0.05) is 29.5 Å². The molecule has 110 valence electrons. The number of rotatable bonds is 3. The van der Waals surface area contributed by atoms with Gasteiger partial charge in [-0.15, -0.1) is 0 Å². The Balaban J connectivity index is 1.85. The highest BCUT2D eigenvalue weighted by Gasteiger charge is 2.10. The van der Waals surface area contributed by atoms with Crippen molar-refractivity contribution in [1.82, 2.24) is 19.5 Å². The van der Waals surface area contributed by atoms with E-state index in [0.29, 0.717) is 17.2 Å². The lowest BCUT2D eigenvalue weighted by Crippen LogP contribution is -2.15. The first-order valence-corrected chi connectivity index (χ1v) is 6.84. The Morgan fingerprint density at radius 3 is 2.59 bits per heavy atom. The van der Waals surface area contributed by atoms with E-state index < -0.39 is 0 Å². The van der Waals surface area contributed by atoms with Gasteiger partial charge in [0.05, 0.1) is 0 Å². The van der Waals surface area contributed by atoms with Crippen molar-refractivity contribution in [2.24, 2.45) is 0 Å². The molecule has 0 saturated carbocycles. The molecule has 3 aromatic heterocycles. The van der Waals surface area contributed by atoms with Crippen LogP contribution in [0.3, 0.4) is 0 Å². The molecule has 0 saturated heterocycles. The molecule has 0 atom stereocenters. The van der Waals surface area contributed by atoms with Gasteiger partial charge >= 0.3 is 0 Å². The number of nitrogens with one attached hydrogen (secondary N) is 1. The molecule has 6 heteroatoms. The second-order valence-corrected chi connectivity index (χ2v) is 4.94. The Kier molecular flexibility index (Phi) is 3.65. The molecule has 0 aliphatic heterocycles. The van der Waals surface area contributed by atoms with Crippen molar-refractivity contribution in [3.05, 3.63) is 66.1 Å². The van der Waals surface area contributed by atoms with Crippen LogP contribution in [-0.2, 0) is 0 Å². The average molecular weight is 293 g/mol. The fourth-order valence-electron chi connectivity index (χ4n) is 2.19. The van der Waals surface area contributed by atoms with Gasteiger partial charge in [-0.05, 0) is 38.1 Å². The minimum absolute atomic E-state index is 0.257. The van der Waals surface area contributed by atoms with Gasteiger partial charge in [-0.2, -0.15) is 0 Å². The van der Waals surface area contributed by atoms with E-state index in [4.69, 9.17) is 0 Å². The maximum absolute atomic E-state index is 12.3. The number of pyridine rings is 2. The van der Waals surface area contributed by atoms with Crippen LogP contribution in [-0.4, -0.2) is 25.4 Å². The van der Waals surface area contributed by atoms with Crippen LogP contribution >= 0.6 is 0 Å². The van der Waals surface area contributed by atoms with Crippen LogP contribution in [0.4, 0.5) is 5.69 Å². The molecule has 3 aromatic rings. The van der Waals surface area contributed by atoms with E-state index in [-0.39, 0.29) is 5.91 Å². The van der Waals surface area contributed by atoms with E-state index in [0.717, 1.165) is 11.4 Å².